The van der Waals surface area contributed by atoms with Crippen molar-refractivity contribution in [2.24, 2.45) is 5.84 Å². The lowest BCUT2D eigenvalue weighted by Crippen LogP contribution is -2.27. The van der Waals surface area contributed by atoms with Crippen molar-refractivity contribution in [3.8, 4) is 0 Å². The van der Waals surface area contributed by atoms with E-state index in [1.165, 1.54) is 12.1 Å². The van der Waals surface area contributed by atoms with Crippen molar-refractivity contribution in [1.82, 2.24) is 4.98 Å². The van der Waals surface area contributed by atoms with Gasteiger partial charge in [-0.2, -0.15) is 0 Å². The number of hydrazine groups is 1. The van der Waals surface area contributed by atoms with Crippen LogP contribution in [0.1, 0.15) is 39.5 Å². The highest BCUT2D eigenvalue weighted by atomic mass is 16.6. The van der Waals surface area contributed by atoms with Gasteiger partial charge in [0.15, 0.2) is 0 Å². The van der Waals surface area contributed by atoms with E-state index < -0.39 is 4.92 Å². The van der Waals surface area contributed by atoms with E-state index in [1.54, 1.807) is 0 Å². The number of rotatable bonds is 9. The van der Waals surface area contributed by atoms with Crippen molar-refractivity contribution in [1.29, 1.82) is 0 Å². The van der Waals surface area contributed by atoms with E-state index in [-0.39, 0.29) is 5.69 Å². The van der Waals surface area contributed by atoms with Crippen LogP contribution >= 0.6 is 0 Å². The third-order valence-electron chi connectivity index (χ3n) is 3.06. The molecule has 0 aliphatic heterocycles. The molecule has 112 valence electrons. The molecule has 7 nitrogen and oxygen atoms in total. The molecule has 0 unspecified atom stereocenters. The van der Waals surface area contributed by atoms with Crippen LogP contribution in [0, 0.1) is 10.1 Å². The summed E-state index contributed by atoms with van der Waals surface area (Å²) in [5.41, 5.74) is 2.46. The number of nitrogens with two attached hydrogens (primary N) is 1. The van der Waals surface area contributed by atoms with Crippen LogP contribution in [0.25, 0.3) is 0 Å². The van der Waals surface area contributed by atoms with E-state index in [1.807, 2.05) is 4.90 Å². The van der Waals surface area contributed by atoms with E-state index in [0.717, 1.165) is 38.8 Å². The molecule has 0 bridgehead atoms. The normalized spacial score (nSPS) is 10.3. The number of nitrogen functional groups attached to an aromatic ring is 1. The molecule has 0 saturated heterocycles. The van der Waals surface area contributed by atoms with Crippen LogP contribution in [0.4, 0.5) is 17.3 Å². The first kappa shape index (κ1) is 16.2. The Morgan fingerprint density at radius 1 is 1.30 bits per heavy atom. The number of aromatic nitrogens is 1. The standard InChI is InChI=1S/C13H23N5O2/c1-3-5-9-17(10-6-4-2)13-11(18(19)20)7-8-12(15-13)16-14/h7-8H,3-6,9-10,14H2,1-2H3,(H,15,16). The molecular formula is C13H23N5O2. The average molecular weight is 281 g/mol. The molecule has 20 heavy (non-hydrogen) atoms. The van der Waals surface area contributed by atoms with Crippen LogP contribution in [0.5, 0.6) is 0 Å². The molecule has 0 fully saturated rings. The molecule has 0 aliphatic carbocycles. The molecule has 1 rings (SSSR count). The number of nitro groups is 1. The Hall–Kier alpha value is -1.89. The van der Waals surface area contributed by atoms with Crippen LogP contribution in [0.15, 0.2) is 12.1 Å². The number of pyridine rings is 1. The van der Waals surface area contributed by atoms with Gasteiger partial charge in [0, 0.05) is 19.2 Å². The molecule has 7 heteroatoms. The largest absolute Gasteiger partial charge is 0.351 e. The first-order valence-corrected chi connectivity index (χ1v) is 7.01. The number of unbranched alkanes of at least 4 members (excludes halogenated alkanes) is 2. The fourth-order valence-electron chi connectivity index (χ4n) is 1.92. The van der Waals surface area contributed by atoms with E-state index in [0.29, 0.717) is 11.6 Å². The van der Waals surface area contributed by atoms with Gasteiger partial charge in [-0.3, -0.25) is 10.1 Å². The zero-order valence-electron chi connectivity index (χ0n) is 12.1. The van der Waals surface area contributed by atoms with Gasteiger partial charge in [-0.05, 0) is 18.9 Å². The zero-order chi connectivity index (χ0) is 15.0. The Kier molecular flexibility index (Phi) is 6.72. The summed E-state index contributed by atoms with van der Waals surface area (Å²) in [6.07, 6.45) is 4.02. The number of hydrogen-bond acceptors (Lipinski definition) is 6. The van der Waals surface area contributed by atoms with Gasteiger partial charge in [-0.25, -0.2) is 10.8 Å². The highest BCUT2D eigenvalue weighted by Crippen LogP contribution is 2.28. The second kappa shape index (κ2) is 8.31. The van der Waals surface area contributed by atoms with E-state index in [4.69, 9.17) is 5.84 Å². The number of anilines is 2. The lowest BCUT2D eigenvalue weighted by atomic mass is 10.2. The lowest BCUT2D eigenvalue weighted by Gasteiger charge is -2.23. The van der Waals surface area contributed by atoms with Crippen LogP contribution in [-0.2, 0) is 0 Å². The minimum Gasteiger partial charge on any atom is -0.351 e. The second-order valence-corrected chi connectivity index (χ2v) is 4.63. The van der Waals surface area contributed by atoms with Gasteiger partial charge >= 0.3 is 5.69 Å². The number of hydrogen-bond donors (Lipinski definition) is 2. The highest BCUT2D eigenvalue weighted by molar-refractivity contribution is 5.61. The van der Waals surface area contributed by atoms with Crippen molar-refractivity contribution in [3.63, 3.8) is 0 Å². The summed E-state index contributed by atoms with van der Waals surface area (Å²) < 4.78 is 0. The zero-order valence-corrected chi connectivity index (χ0v) is 12.1. The molecule has 3 N–H and O–H groups in total. The van der Waals surface area contributed by atoms with Gasteiger partial charge in [-0.15, -0.1) is 0 Å². The maximum Gasteiger partial charge on any atom is 0.311 e. The summed E-state index contributed by atoms with van der Waals surface area (Å²) in [7, 11) is 0. The average Bonchev–Trinajstić information content (AvgIpc) is 2.46. The third-order valence-corrected chi connectivity index (χ3v) is 3.06. The Balaban J connectivity index is 3.09. The Labute approximate surface area is 119 Å². The van der Waals surface area contributed by atoms with Crippen molar-refractivity contribution in [2.45, 2.75) is 39.5 Å². The first-order chi connectivity index (χ1) is 9.63. The molecule has 1 aromatic rings. The monoisotopic (exact) mass is 281 g/mol. The predicted molar refractivity (Wildman–Crippen MR) is 80.7 cm³/mol. The molecule has 0 amide bonds. The lowest BCUT2D eigenvalue weighted by molar-refractivity contribution is -0.384. The molecule has 1 heterocycles. The Morgan fingerprint density at radius 3 is 2.35 bits per heavy atom. The van der Waals surface area contributed by atoms with Crippen molar-refractivity contribution < 1.29 is 4.92 Å². The van der Waals surface area contributed by atoms with Gasteiger partial charge in [0.25, 0.3) is 0 Å². The molecular weight excluding hydrogens is 258 g/mol. The fourth-order valence-corrected chi connectivity index (χ4v) is 1.92. The van der Waals surface area contributed by atoms with Crippen molar-refractivity contribution in [2.75, 3.05) is 23.4 Å². The topological polar surface area (TPSA) is 97.3 Å². The summed E-state index contributed by atoms with van der Waals surface area (Å²) in [4.78, 5) is 17.0. The van der Waals surface area contributed by atoms with E-state index in [9.17, 15) is 10.1 Å². The smallest absolute Gasteiger partial charge is 0.311 e. The van der Waals surface area contributed by atoms with Gasteiger partial charge < -0.3 is 10.3 Å². The predicted octanol–water partition coefficient (Wildman–Crippen LogP) is 2.68. The molecule has 0 atom stereocenters. The quantitative estimate of drug-likeness (QED) is 0.410. The molecule has 1 aromatic heterocycles. The summed E-state index contributed by atoms with van der Waals surface area (Å²) in [6, 6.07) is 2.96. The van der Waals surface area contributed by atoms with Crippen LogP contribution in [0.2, 0.25) is 0 Å². The highest BCUT2D eigenvalue weighted by Gasteiger charge is 2.21. The summed E-state index contributed by atoms with van der Waals surface area (Å²) >= 11 is 0. The van der Waals surface area contributed by atoms with Crippen molar-refractivity contribution in [3.05, 3.63) is 22.2 Å². The summed E-state index contributed by atoms with van der Waals surface area (Å²) in [5.74, 6) is 6.17. The molecule has 0 radical (unpaired) electrons. The van der Waals surface area contributed by atoms with E-state index >= 15 is 0 Å². The van der Waals surface area contributed by atoms with Gasteiger partial charge in [0.05, 0.1) is 4.92 Å². The number of nitrogens with one attached hydrogen (secondary N) is 1. The molecule has 0 saturated carbocycles. The second-order valence-electron chi connectivity index (χ2n) is 4.63. The van der Waals surface area contributed by atoms with E-state index in [2.05, 4.69) is 24.3 Å². The Bertz CT molecular complexity index is 431. The van der Waals surface area contributed by atoms with Crippen LogP contribution in [0.3, 0.4) is 0 Å². The van der Waals surface area contributed by atoms with Crippen LogP contribution in [-0.4, -0.2) is 23.0 Å². The maximum atomic E-state index is 11.2. The first-order valence-electron chi connectivity index (χ1n) is 7.01. The van der Waals surface area contributed by atoms with Crippen molar-refractivity contribution >= 4 is 17.3 Å². The molecule has 0 aliphatic rings. The summed E-state index contributed by atoms with van der Waals surface area (Å²) in [6.45, 7) is 5.71. The molecule has 0 spiro atoms. The summed E-state index contributed by atoms with van der Waals surface area (Å²) in [5, 5.41) is 11.2. The van der Waals surface area contributed by atoms with Gasteiger partial charge in [0.2, 0.25) is 5.82 Å². The minimum absolute atomic E-state index is 0.0243. The SMILES string of the molecule is CCCCN(CCCC)c1nc(NN)ccc1[N+](=O)[O-]. The fraction of sp³-hybridized carbons (Fsp3) is 0.615. The minimum atomic E-state index is -0.395. The molecule has 0 aromatic carbocycles. The number of nitrogens with zero attached hydrogens (tertiary/aromatic N) is 3. The van der Waals surface area contributed by atoms with Gasteiger partial charge in [-0.1, -0.05) is 26.7 Å². The van der Waals surface area contributed by atoms with Gasteiger partial charge in [0.1, 0.15) is 5.82 Å². The maximum absolute atomic E-state index is 11.2. The Morgan fingerprint density at radius 2 is 1.90 bits per heavy atom. The van der Waals surface area contributed by atoms with Crippen LogP contribution < -0.4 is 16.2 Å². The third kappa shape index (κ3) is 4.34.